The first-order chi connectivity index (χ1) is 15.5. The van der Waals surface area contributed by atoms with Gasteiger partial charge in [-0.05, 0) is 41.3 Å². The smallest absolute Gasteiger partial charge is 0.290 e. The summed E-state index contributed by atoms with van der Waals surface area (Å²) in [6, 6.07) is 24.7. The molecule has 5 heteroatoms. The van der Waals surface area contributed by atoms with Crippen molar-refractivity contribution in [1.82, 2.24) is 4.90 Å². The normalized spacial score (nSPS) is 16.2. The number of aliphatic hydroxyl groups is 1. The van der Waals surface area contributed by atoms with Gasteiger partial charge in [0.2, 0.25) is 0 Å². The van der Waals surface area contributed by atoms with E-state index in [1.807, 2.05) is 60.7 Å². The zero-order valence-corrected chi connectivity index (χ0v) is 17.4. The van der Waals surface area contributed by atoms with Gasteiger partial charge < -0.3 is 15.1 Å². The van der Waals surface area contributed by atoms with Gasteiger partial charge in [-0.3, -0.25) is 9.59 Å². The summed E-state index contributed by atoms with van der Waals surface area (Å²) >= 11 is 0. The first-order valence-electron chi connectivity index (χ1n) is 10.4. The molecule has 3 aromatic rings. The molecule has 1 unspecified atom stereocenters. The van der Waals surface area contributed by atoms with E-state index in [0.717, 1.165) is 11.1 Å². The van der Waals surface area contributed by atoms with Gasteiger partial charge in [-0.15, -0.1) is 0 Å². The van der Waals surface area contributed by atoms with Crippen molar-refractivity contribution in [3.05, 3.63) is 119 Å². The van der Waals surface area contributed by atoms with Crippen molar-refractivity contribution >= 4 is 17.8 Å². The van der Waals surface area contributed by atoms with Gasteiger partial charge in [-0.25, -0.2) is 0 Å². The monoisotopic (exact) mass is 425 g/mol. The Morgan fingerprint density at radius 2 is 1.50 bits per heavy atom. The number of phenolic OH excluding ortho intramolecular Hbond substituents is 1. The molecule has 1 amide bonds. The van der Waals surface area contributed by atoms with Crippen LogP contribution in [0.25, 0.3) is 6.08 Å². The molecule has 3 aromatic carbocycles. The number of ketones is 1. The fraction of sp³-hybridized carbons (Fsp3) is 0.111. The Morgan fingerprint density at radius 1 is 0.875 bits per heavy atom. The Hall–Kier alpha value is -4.12. The fourth-order valence-corrected chi connectivity index (χ4v) is 3.86. The second-order valence-electron chi connectivity index (χ2n) is 7.60. The van der Waals surface area contributed by atoms with E-state index < -0.39 is 23.5 Å². The lowest BCUT2D eigenvalue weighted by atomic mass is 9.95. The predicted octanol–water partition coefficient (Wildman–Crippen LogP) is 4.61. The molecular formula is C27H23NO4. The summed E-state index contributed by atoms with van der Waals surface area (Å²) in [7, 11) is 0. The largest absolute Gasteiger partial charge is 0.508 e. The van der Waals surface area contributed by atoms with Gasteiger partial charge >= 0.3 is 0 Å². The van der Waals surface area contributed by atoms with Crippen LogP contribution in [-0.2, 0) is 16.0 Å². The van der Waals surface area contributed by atoms with Crippen LogP contribution in [0.5, 0.6) is 5.75 Å². The lowest BCUT2D eigenvalue weighted by Gasteiger charge is -2.26. The lowest BCUT2D eigenvalue weighted by molar-refractivity contribution is -0.129. The third kappa shape index (κ3) is 4.47. The molecule has 0 fully saturated rings. The van der Waals surface area contributed by atoms with Gasteiger partial charge in [0, 0.05) is 6.54 Å². The average molecular weight is 425 g/mol. The zero-order chi connectivity index (χ0) is 22.5. The van der Waals surface area contributed by atoms with Gasteiger partial charge in [0.1, 0.15) is 5.75 Å². The molecule has 1 aliphatic rings. The van der Waals surface area contributed by atoms with Gasteiger partial charge in [0.05, 0.1) is 11.6 Å². The number of amides is 1. The number of carbonyl (C=O) groups is 2. The summed E-state index contributed by atoms with van der Waals surface area (Å²) in [6.45, 7) is 0.331. The number of nitrogens with zero attached hydrogens (tertiary/aromatic N) is 1. The molecular weight excluding hydrogens is 402 g/mol. The van der Waals surface area contributed by atoms with Crippen LogP contribution in [0.4, 0.5) is 0 Å². The second-order valence-corrected chi connectivity index (χ2v) is 7.60. The zero-order valence-electron chi connectivity index (χ0n) is 17.4. The van der Waals surface area contributed by atoms with Crippen molar-refractivity contribution in [2.45, 2.75) is 12.5 Å². The standard InChI is InChI=1S/C27H23NO4/c29-22-14-12-21(13-15-22)25-24(23(30)16-11-19-7-3-1-4-8-19)26(31)27(32)28(25)18-17-20-9-5-2-6-10-20/h1-16,25,29,31H,17-18H2/b16-11+. The van der Waals surface area contributed by atoms with Crippen LogP contribution >= 0.6 is 0 Å². The van der Waals surface area contributed by atoms with E-state index in [0.29, 0.717) is 18.5 Å². The van der Waals surface area contributed by atoms with Crippen LogP contribution < -0.4 is 0 Å². The maximum atomic E-state index is 13.1. The molecule has 0 aliphatic carbocycles. The van der Waals surface area contributed by atoms with Crippen molar-refractivity contribution in [2.75, 3.05) is 6.54 Å². The Bertz CT molecular complexity index is 1170. The average Bonchev–Trinajstić information content (AvgIpc) is 3.08. The number of aromatic hydroxyl groups is 1. The molecule has 0 radical (unpaired) electrons. The van der Waals surface area contributed by atoms with Crippen molar-refractivity contribution in [2.24, 2.45) is 0 Å². The Morgan fingerprint density at radius 3 is 2.16 bits per heavy atom. The van der Waals surface area contributed by atoms with E-state index in [-0.39, 0.29) is 11.3 Å². The summed E-state index contributed by atoms with van der Waals surface area (Å²) in [5.74, 6) is -1.45. The molecule has 1 atom stereocenters. The number of benzene rings is 3. The number of hydrogen-bond acceptors (Lipinski definition) is 4. The Labute approximate surface area is 186 Å². The second kappa shape index (κ2) is 9.35. The molecule has 4 rings (SSSR count). The SMILES string of the molecule is O=C(/C=C/c1ccccc1)C1=C(O)C(=O)N(CCc2ccccc2)C1c1ccc(O)cc1. The number of phenols is 1. The molecule has 5 nitrogen and oxygen atoms in total. The van der Waals surface area contributed by atoms with Crippen molar-refractivity contribution in [3.8, 4) is 5.75 Å². The minimum atomic E-state index is -0.736. The van der Waals surface area contributed by atoms with Gasteiger partial charge in [-0.2, -0.15) is 0 Å². The van der Waals surface area contributed by atoms with Crippen LogP contribution in [0, 0.1) is 0 Å². The number of aliphatic hydroxyl groups excluding tert-OH is 1. The van der Waals surface area contributed by atoms with E-state index in [2.05, 4.69) is 0 Å². The van der Waals surface area contributed by atoms with Crippen LogP contribution in [0.1, 0.15) is 22.7 Å². The van der Waals surface area contributed by atoms with Crippen molar-refractivity contribution in [1.29, 1.82) is 0 Å². The summed E-state index contributed by atoms with van der Waals surface area (Å²) in [6.07, 6.45) is 3.62. The molecule has 1 heterocycles. The lowest BCUT2D eigenvalue weighted by Crippen LogP contribution is -2.33. The summed E-state index contributed by atoms with van der Waals surface area (Å²) in [4.78, 5) is 27.6. The summed E-state index contributed by atoms with van der Waals surface area (Å²) in [5.41, 5.74) is 2.58. The molecule has 0 saturated carbocycles. The highest BCUT2D eigenvalue weighted by molar-refractivity contribution is 6.14. The van der Waals surface area contributed by atoms with Gasteiger partial charge in [-0.1, -0.05) is 78.9 Å². The van der Waals surface area contributed by atoms with Gasteiger partial charge in [0.25, 0.3) is 5.91 Å². The molecule has 2 N–H and O–H groups in total. The third-order valence-corrected chi connectivity index (χ3v) is 5.49. The van der Waals surface area contributed by atoms with Crippen LogP contribution in [0.15, 0.2) is 102 Å². The molecule has 0 aromatic heterocycles. The van der Waals surface area contributed by atoms with E-state index in [9.17, 15) is 19.8 Å². The fourth-order valence-electron chi connectivity index (χ4n) is 3.86. The summed E-state index contributed by atoms with van der Waals surface area (Å²) in [5, 5.41) is 20.4. The van der Waals surface area contributed by atoms with Crippen molar-refractivity contribution < 1.29 is 19.8 Å². The van der Waals surface area contributed by atoms with Gasteiger partial charge in [0.15, 0.2) is 11.5 Å². The maximum absolute atomic E-state index is 13.1. The quantitative estimate of drug-likeness (QED) is 0.542. The van der Waals surface area contributed by atoms with Crippen LogP contribution in [0.3, 0.4) is 0 Å². The molecule has 160 valence electrons. The van der Waals surface area contributed by atoms with E-state index >= 15 is 0 Å². The van der Waals surface area contributed by atoms with Crippen molar-refractivity contribution in [3.63, 3.8) is 0 Å². The van der Waals surface area contributed by atoms with E-state index in [4.69, 9.17) is 0 Å². The Balaban J connectivity index is 1.66. The minimum absolute atomic E-state index is 0.0425. The molecule has 32 heavy (non-hydrogen) atoms. The maximum Gasteiger partial charge on any atom is 0.290 e. The van der Waals surface area contributed by atoms with E-state index in [1.54, 1.807) is 18.2 Å². The highest BCUT2D eigenvalue weighted by Gasteiger charge is 2.42. The van der Waals surface area contributed by atoms with E-state index in [1.165, 1.54) is 23.1 Å². The first-order valence-corrected chi connectivity index (χ1v) is 10.4. The number of rotatable bonds is 7. The minimum Gasteiger partial charge on any atom is -0.508 e. The molecule has 1 aliphatic heterocycles. The molecule has 0 spiro atoms. The number of hydrogen-bond donors (Lipinski definition) is 2. The summed E-state index contributed by atoms with van der Waals surface area (Å²) < 4.78 is 0. The molecule has 0 saturated heterocycles. The first kappa shape index (κ1) is 21.1. The number of allylic oxidation sites excluding steroid dienone is 1. The molecule has 0 bridgehead atoms. The van der Waals surface area contributed by atoms with Crippen LogP contribution in [-0.4, -0.2) is 33.3 Å². The third-order valence-electron chi connectivity index (χ3n) is 5.49. The highest BCUT2D eigenvalue weighted by Crippen LogP contribution is 2.38. The predicted molar refractivity (Wildman–Crippen MR) is 123 cm³/mol. The topological polar surface area (TPSA) is 77.8 Å². The Kier molecular flexibility index (Phi) is 6.17. The number of carbonyl (C=O) groups excluding carboxylic acids is 2. The highest BCUT2D eigenvalue weighted by atomic mass is 16.3. The van der Waals surface area contributed by atoms with Crippen LogP contribution in [0.2, 0.25) is 0 Å².